The maximum absolute atomic E-state index is 10.9. The Kier molecular flexibility index (Phi) is 3.02. The molecule has 0 bridgehead atoms. The third-order valence-corrected chi connectivity index (χ3v) is 2.21. The van der Waals surface area contributed by atoms with Crippen LogP contribution in [0.4, 0.5) is 9.80 Å². The fraction of sp³-hybridized carbons (Fsp3) is 0.500. The van der Waals surface area contributed by atoms with E-state index in [0.717, 1.165) is 11.5 Å². The Morgan fingerprint density at radius 1 is 1.77 bits per heavy atom. The van der Waals surface area contributed by atoms with Crippen LogP contribution in [0.15, 0.2) is 0 Å². The van der Waals surface area contributed by atoms with Crippen LogP contribution in [0.2, 0.25) is 0 Å². The molecule has 7 heteroatoms. The largest absolute Gasteiger partial charge is 0.450 e. The lowest BCUT2D eigenvalue weighted by atomic mass is 10.5. The van der Waals surface area contributed by atoms with Gasteiger partial charge in [-0.05, 0) is 6.92 Å². The molecule has 13 heavy (non-hydrogen) atoms. The number of nitrogens with one attached hydrogen (secondary N) is 2. The van der Waals surface area contributed by atoms with E-state index in [1.54, 1.807) is 13.8 Å². The summed E-state index contributed by atoms with van der Waals surface area (Å²) < 4.78 is 7.63. The predicted molar refractivity (Wildman–Crippen MR) is 47.4 cm³/mol. The first-order valence-electron chi connectivity index (χ1n) is 3.69. The summed E-state index contributed by atoms with van der Waals surface area (Å²) in [5, 5.41) is 2.90. The van der Waals surface area contributed by atoms with Gasteiger partial charge in [0.1, 0.15) is 0 Å². The average molecular weight is 204 g/mol. The molecule has 6 nitrogen and oxygen atoms in total. The molecule has 72 valence electrons. The Labute approximate surface area is 78.3 Å². The standard InChI is InChI=1S/C6H9N3O3S/c1-3-12-6(10)7-5-4(2)9(11)8-13-5/h3H2,1-2H3,(H-,7,8,10,11)/p+1. The lowest BCUT2D eigenvalue weighted by Gasteiger charge is -1.99. The second kappa shape index (κ2) is 4.04. The second-order valence-corrected chi connectivity index (χ2v) is 3.04. The van der Waals surface area contributed by atoms with E-state index >= 15 is 0 Å². The molecule has 0 spiro atoms. The van der Waals surface area contributed by atoms with E-state index in [9.17, 15) is 9.70 Å². The van der Waals surface area contributed by atoms with Gasteiger partial charge >= 0.3 is 11.8 Å². The minimum Gasteiger partial charge on any atom is -0.450 e. The van der Waals surface area contributed by atoms with Crippen LogP contribution in [0.1, 0.15) is 12.6 Å². The highest BCUT2D eigenvalue weighted by Crippen LogP contribution is 2.13. The Hall–Kier alpha value is -1.37. The minimum absolute atomic E-state index is 0.303. The maximum atomic E-state index is 10.9. The average Bonchev–Trinajstić information content (AvgIpc) is 2.37. The summed E-state index contributed by atoms with van der Waals surface area (Å²) in [7, 11) is 0. The Morgan fingerprint density at radius 2 is 2.46 bits per heavy atom. The Bertz CT molecular complexity index is 356. The van der Waals surface area contributed by atoms with Gasteiger partial charge in [0.05, 0.1) is 11.5 Å². The number of nitrogens with zero attached hydrogens (tertiary/aromatic N) is 1. The van der Waals surface area contributed by atoms with Crippen molar-refractivity contribution in [2.24, 2.45) is 0 Å². The van der Waals surface area contributed by atoms with E-state index in [1.807, 2.05) is 0 Å². The van der Waals surface area contributed by atoms with Gasteiger partial charge < -0.3 is 4.74 Å². The molecule has 0 aliphatic rings. The van der Waals surface area contributed by atoms with Crippen LogP contribution in [0, 0.1) is 11.8 Å². The lowest BCUT2D eigenvalue weighted by Crippen LogP contribution is -2.19. The summed E-state index contributed by atoms with van der Waals surface area (Å²) in [4.78, 5) is 21.8. The quantitative estimate of drug-likeness (QED) is 0.701. The number of carbonyl (C=O) groups is 1. The predicted octanol–water partition coefficient (Wildman–Crippen LogP) is 0.868. The van der Waals surface area contributed by atoms with Gasteiger partial charge in [-0.25, -0.2) is 4.79 Å². The van der Waals surface area contributed by atoms with Crippen LogP contribution < -0.4 is 9.86 Å². The zero-order valence-electron chi connectivity index (χ0n) is 7.29. The number of amides is 1. The van der Waals surface area contributed by atoms with Crippen molar-refractivity contribution < 1.29 is 14.1 Å². The van der Waals surface area contributed by atoms with Gasteiger partial charge in [-0.2, -0.15) is 0 Å². The van der Waals surface area contributed by atoms with Crippen LogP contribution in [-0.2, 0) is 4.74 Å². The van der Waals surface area contributed by atoms with Gasteiger partial charge in [0.15, 0.2) is 9.54 Å². The van der Waals surface area contributed by atoms with E-state index in [-0.39, 0.29) is 0 Å². The summed E-state index contributed by atoms with van der Waals surface area (Å²) in [6, 6.07) is 0. The smallest absolute Gasteiger partial charge is 0.412 e. The molecule has 0 aliphatic heterocycles. The van der Waals surface area contributed by atoms with Crippen molar-refractivity contribution in [1.82, 2.24) is 4.49 Å². The van der Waals surface area contributed by atoms with Crippen LogP contribution in [0.25, 0.3) is 0 Å². The number of hydrogen-bond acceptors (Lipinski definition) is 4. The lowest BCUT2D eigenvalue weighted by molar-refractivity contribution is -0.560. The van der Waals surface area contributed by atoms with Gasteiger partial charge in [-0.1, -0.05) is 4.49 Å². The van der Waals surface area contributed by atoms with Gasteiger partial charge in [0, 0.05) is 18.5 Å². The molecule has 0 fully saturated rings. The molecule has 1 aromatic rings. The third-order valence-electron chi connectivity index (χ3n) is 1.35. The number of aromatic nitrogens is 2. The van der Waals surface area contributed by atoms with E-state index in [2.05, 4.69) is 14.5 Å². The highest BCUT2D eigenvalue weighted by Gasteiger charge is 2.16. The highest BCUT2D eigenvalue weighted by atomic mass is 32.1. The zero-order chi connectivity index (χ0) is 9.84. The minimum atomic E-state index is -0.554. The number of H-pyrrole nitrogens is 1. The fourth-order valence-corrected chi connectivity index (χ4v) is 1.37. The van der Waals surface area contributed by atoms with Crippen molar-refractivity contribution in [2.45, 2.75) is 13.8 Å². The van der Waals surface area contributed by atoms with Crippen molar-refractivity contribution in [1.29, 1.82) is 0 Å². The van der Waals surface area contributed by atoms with Crippen LogP contribution in [-0.4, -0.2) is 17.2 Å². The highest BCUT2D eigenvalue weighted by molar-refractivity contribution is 7.10. The maximum Gasteiger partial charge on any atom is 0.412 e. The van der Waals surface area contributed by atoms with Crippen molar-refractivity contribution in [3.05, 3.63) is 10.6 Å². The molecule has 1 heterocycles. The first-order chi connectivity index (χ1) is 6.15. The van der Waals surface area contributed by atoms with Gasteiger partial charge in [-0.15, -0.1) is 0 Å². The van der Waals surface area contributed by atoms with Crippen LogP contribution in [0.3, 0.4) is 0 Å². The van der Waals surface area contributed by atoms with E-state index < -0.39 is 6.09 Å². The molecular formula is C6H10N3O3S+. The van der Waals surface area contributed by atoms with Crippen molar-refractivity contribution in [3.8, 4) is 0 Å². The molecule has 1 aromatic heterocycles. The number of carbonyl (C=O) groups excluding carboxylic acids is 1. The molecule has 1 amide bonds. The molecule has 2 N–H and O–H groups in total. The summed E-state index contributed by atoms with van der Waals surface area (Å²) in [5.74, 6) is 0. The van der Waals surface area contributed by atoms with Gasteiger partial charge in [0.25, 0.3) is 0 Å². The summed E-state index contributed by atoms with van der Waals surface area (Å²) in [6.45, 7) is 3.61. The third kappa shape index (κ3) is 2.28. The molecule has 0 saturated carbocycles. The molecule has 0 radical (unpaired) electrons. The summed E-state index contributed by atoms with van der Waals surface area (Å²) >= 11 is 1.04. The summed E-state index contributed by atoms with van der Waals surface area (Å²) in [6.07, 6.45) is -0.554. The molecule has 0 saturated heterocycles. The topological polar surface area (TPSA) is 77.1 Å². The number of aromatic amines is 1. The Morgan fingerprint density at radius 3 is 2.92 bits per heavy atom. The van der Waals surface area contributed by atoms with Gasteiger partial charge in [-0.3, -0.25) is 5.32 Å². The summed E-state index contributed by atoms with van der Waals surface area (Å²) in [5.41, 5.74) is 0.415. The number of rotatable bonds is 2. The van der Waals surface area contributed by atoms with Crippen molar-refractivity contribution in [3.63, 3.8) is 0 Å². The van der Waals surface area contributed by atoms with Crippen molar-refractivity contribution >= 4 is 22.6 Å². The molecule has 1 rings (SSSR count). The first kappa shape index (κ1) is 9.72. The molecule has 0 aliphatic carbocycles. The van der Waals surface area contributed by atoms with Crippen LogP contribution >= 0.6 is 11.5 Å². The van der Waals surface area contributed by atoms with Crippen molar-refractivity contribution in [2.75, 3.05) is 11.9 Å². The molecular weight excluding hydrogens is 194 g/mol. The number of anilines is 1. The fourth-order valence-electron chi connectivity index (χ4n) is 0.697. The van der Waals surface area contributed by atoms with E-state index in [0.29, 0.717) is 21.8 Å². The second-order valence-electron chi connectivity index (χ2n) is 2.25. The Balaban J connectivity index is 2.69. The van der Waals surface area contributed by atoms with Gasteiger partial charge in [0.2, 0.25) is 0 Å². The van der Waals surface area contributed by atoms with E-state index in [1.165, 1.54) is 0 Å². The van der Waals surface area contributed by atoms with E-state index in [4.69, 9.17) is 0 Å². The number of hydrogen-bond donors (Lipinski definition) is 2. The SMILES string of the molecule is CCOC(=O)Nc1s[nH][n+](=O)c1C. The monoisotopic (exact) mass is 204 g/mol. The zero-order valence-corrected chi connectivity index (χ0v) is 8.10. The first-order valence-corrected chi connectivity index (χ1v) is 4.51. The molecule has 0 unspecified atom stereocenters. The van der Waals surface area contributed by atoms with Crippen LogP contribution in [0.5, 0.6) is 0 Å². The molecule has 0 atom stereocenters. The number of ether oxygens (including phenoxy) is 1. The normalized spacial score (nSPS) is 9.69. The molecule has 0 aromatic carbocycles.